The second kappa shape index (κ2) is 5.34. The number of isothiocyanates is 1. The average Bonchev–Trinajstić information content (AvgIpc) is 2.34. The summed E-state index contributed by atoms with van der Waals surface area (Å²) in [5, 5.41) is 23.6. The van der Waals surface area contributed by atoms with E-state index in [0.29, 0.717) is 12.3 Å². The predicted octanol–water partition coefficient (Wildman–Crippen LogP) is 3.12. The van der Waals surface area contributed by atoms with Crippen LogP contribution in [0.5, 0.6) is 0 Å². The normalized spacial score (nSPS) is 41.4. The molecule has 0 saturated heterocycles. The van der Waals surface area contributed by atoms with E-state index in [9.17, 15) is 10.2 Å². The van der Waals surface area contributed by atoms with E-state index in [-0.39, 0.29) is 11.5 Å². The van der Waals surface area contributed by atoms with Gasteiger partial charge < -0.3 is 10.2 Å². The lowest BCUT2D eigenvalue weighted by atomic mass is 9.60. The molecule has 2 aliphatic rings. The van der Waals surface area contributed by atoms with Gasteiger partial charge in [-0.05, 0) is 63.2 Å². The fourth-order valence-electron chi connectivity index (χ4n) is 3.87. The molecule has 0 aliphatic heterocycles. The Labute approximate surface area is 126 Å². The molecule has 4 atom stereocenters. The van der Waals surface area contributed by atoms with Crippen LogP contribution in [-0.2, 0) is 0 Å². The molecule has 3 nitrogen and oxygen atoms in total. The molecule has 4 heteroatoms. The van der Waals surface area contributed by atoms with Gasteiger partial charge in [0.2, 0.25) is 0 Å². The zero-order chi connectivity index (χ0) is 15.1. The Bertz CT molecular complexity index is 477. The number of fused-ring (bicyclic) bond motifs is 1. The fourth-order valence-corrected chi connectivity index (χ4v) is 4.07. The summed E-state index contributed by atoms with van der Waals surface area (Å²) in [7, 11) is 0. The lowest BCUT2D eigenvalue weighted by molar-refractivity contribution is -0.0781. The third-order valence-corrected chi connectivity index (χ3v) is 5.31. The number of aliphatic imine (C=N–C) groups is 1. The van der Waals surface area contributed by atoms with Gasteiger partial charge in [0, 0.05) is 5.92 Å². The Morgan fingerprint density at radius 1 is 1.35 bits per heavy atom. The standard InChI is InChI=1S/C16H25NO2S/c1-10(2)11-5-7-15(3,17-9-20)12-6-8-16(4,19)14(18)13(11)12/h10,12,14,18-19H,5-8H2,1-4H3. The number of aliphatic hydroxyl groups excluding tert-OH is 1. The molecule has 0 radical (unpaired) electrons. The topological polar surface area (TPSA) is 52.8 Å². The molecule has 0 heterocycles. The first-order valence-corrected chi connectivity index (χ1v) is 7.86. The fraction of sp³-hybridized carbons (Fsp3) is 0.812. The van der Waals surface area contributed by atoms with Crippen LogP contribution in [0.3, 0.4) is 0 Å². The van der Waals surface area contributed by atoms with Crippen LogP contribution in [0.25, 0.3) is 0 Å². The third kappa shape index (κ3) is 2.50. The Kier molecular flexibility index (Phi) is 4.23. The number of thiocarbonyl (C=S) groups is 1. The van der Waals surface area contributed by atoms with Gasteiger partial charge in [0.05, 0.1) is 16.3 Å². The van der Waals surface area contributed by atoms with Crippen molar-refractivity contribution in [3.05, 3.63) is 11.1 Å². The number of hydrogen-bond donors (Lipinski definition) is 2. The van der Waals surface area contributed by atoms with Gasteiger partial charge in [0.15, 0.2) is 0 Å². The van der Waals surface area contributed by atoms with Gasteiger partial charge in [-0.1, -0.05) is 19.4 Å². The zero-order valence-electron chi connectivity index (χ0n) is 12.8. The minimum Gasteiger partial charge on any atom is -0.387 e. The molecule has 112 valence electrons. The lowest BCUT2D eigenvalue weighted by Crippen LogP contribution is -2.53. The number of rotatable bonds is 2. The van der Waals surface area contributed by atoms with Crippen LogP contribution in [0, 0.1) is 11.8 Å². The summed E-state index contributed by atoms with van der Waals surface area (Å²) in [6.07, 6.45) is 2.49. The van der Waals surface area contributed by atoms with E-state index in [1.54, 1.807) is 6.92 Å². The van der Waals surface area contributed by atoms with Crippen molar-refractivity contribution < 1.29 is 10.2 Å². The van der Waals surface area contributed by atoms with Crippen molar-refractivity contribution in [3.8, 4) is 0 Å². The maximum Gasteiger partial charge on any atom is 0.104 e. The second-order valence-electron chi connectivity index (χ2n) is 7.05. The van der Waals surface area contributed by atoms with Crippen molar-refractivity contribution in [2.24, 2.45) is 16.8 Å². The number of hydrogen-bond acceptors (Lipinski definition) is 4. The van der Waals surface area contributed by atoms with Crippen LogP contribution in [0.2, 0.25) is 0 Å². The average molecular weight is 295 g/mol. The summed E-state index contributed by atoms with van der Waals surface area (Å²) in [5.41, 5.74) is 0.983. The summed E-state index contributed by atoms with van der Waals surface area (Å²) < 4.78 is 0. The summed E-state index contributed by atoms with van der Waals surface area (Å²) in [5.74, 6) is 0.552. The molecule has 1 fully saturated rings. The van der Waals surface area contributed by atoms with Crippen molar-refractivity contribution in [2.45, 2.75) is 70.6 Å². The molecule has 1 saturated carbocycles. The van der Waals surface area contributed by atoms with E-state index >= 15 is 0 Å². The largest absolute Gasteiger partial charge is 0.387 e. The van der Waals surface area contributed by atoms with Gasteiger partial charge in [0.25, 0.3) is 0 Å². The maximum atomic E-state index is 10.7. The Balaban J connectivity index is 2.54. The first-order chi connectivity index (χ1) is 9.23. The van der Waals surface area contributed by atoms with E-state index in [4.69, 9.17) is 12.2 Å². The molecule has 0 bridgehead atoms. The summed E-state index contributed by atoms with van der Waals surface area (Å²) in [6, 6.07) is 0. The number of aliphatic hydroxyl groups is 2. The molecule has 2 rings (SSSR count). The van der Waals surface area contributed by atoms with Crippen LogP contribution in [0.15, 0.2) is 16.1 Å². The highest BCUT2D eigenvalue weighted by molar-refractivity contribution is 7.78. The highest BCUT2D eigenvalue weighted by atomic mass is 32.1. The van der Waals surface area contributed by atoms with Crippen LogP contribution in [0.1, 0.15) is 53.4 Å². The Morgan fingerprint density at radius 2 is 2.00 bits per heavy atom. The van der Waals surface area contributed by atoms with E-state index in [1.165, 1.54) is 5.57 Å². The van der Waals surface area contributed by atoms with Crippen molar-refractivity contribution in [1.82, 2.24) is 0 Å². The molecule has 0 amide bonds. The van der Waals surface area contributed by atoms with E-state index in [2.05, 4.69) is 30.9 Å². The molecule has 0 aromatic heterocycles. The van der Waals surface area contributed by atoms with Gasteiger partial charge in [-0.2, -0.15) is 0 Å². The minimum atomic E-state index is -1.04. The molecule has 2 N–H and O–H groups in total. The number of allylic oxidation sites excluding steroid dienone is 1. The number of nitrogens with zero attached hydrogens (tertiary/aromatic N) is 1. The SMILES string of the molecule is CC(C)C1=C2C(O)C(C)(O)CCC2C(C)(N=C=S)CC1. The van der Waals surface area contributed by atoms with Crippen molar-refractivity contribution in [3.63, 3.8) is 0 Å². The van der Waals surface area contributed by atoms with Gasteiger partial charge in [0.1, 0.15) is 6.10 Å². The van der Waals surface area contributed by atoms with Crippen LogP contribution in [-0.4, -0.2) is 32.6 Å². The van der Waals surface area contributed by atoms with Crippen molar-refractivity contribution in [1.29, 1.82) is 0 Å². The third-order valence-electron chi connectivity index (χ3n) is 5.22. The summed E-state index contributed by atoms with van der Waals surface area (Å²) >= 11 is 4.81. The molecule has 2 aliphatic carbocycles. The smallest absolute Gasteiger partial charge is 0.104 e. The molecule has 20 heavy (non-hydrogen) atoms. The van der Waals surface area contributed by atoms with E-state index in [0.717, 1.165) is 24.8 Å². The monoisotopic (exact) mass is 295 g/mol. The van der Waals surface area contributed by atoms with Crippen LogP contribution in [0.4, 0.5) is 0 Å². The van der Waals surface area contributed by atoms with Crippen molar-refractivity contribution >= 4 is 17.4 Å². The summed E-state index contributed by atoms with van der Waals surface area (Å²) in [6.45, 7) is 8.13. The van der Waals surface area contributed by atoms with Gasteiger partial charge in [-0.3, -0.25) is 0 Å². The van der Waals surface area contributed by atoms with Crippen molar-refractivity contribution in [2.75, 3.05) is 0 Å². The van der Waals surface area contributed by atoms with E-state index < -0.39 is 11.7 Å². The molecule has 4 unspecified atom stereocenters. The highest BCUT2D eigenvalue weighted by Gasteiger charge is 2.50. The van der Waals surface area contributed by atoms with E-state index in [1.807, 2.05) is 0 Å². The van der Waals surface area contributed by atoms with Crippen LogP contribution >= 0.6 is 12.2 Å². The quantitative estimate of drug-likeness (QED) is 0.467. The predicted molar refractivity (Wildman–Crippen MR) is 83.9 cm³/mol. The first kappa shape index (κ1) is 15.8. The highest BCUT2D eigenvalue weighted by Crippen LogP contribution is 2.51. The second-order valence-corrected chi connectivity index (χ2v) is 7.23. The Morgan fingerprint density at radius 3 is 2.55 bits per heavy atom. The van der Waals surface area contributed by atoms with Crippen LogP contribution < -0.4 is 0 Å². The molecular weight excluding hydrogens is 270 g/mol. The molecule has 0 aromatic carbocycles. The molecular formula is C16H25NO2S. The van der Waals surface area contributed by atoms with Gasteiger partial charge in [-0.25, -0.2) is 4.99 Å². The zero-order valence-corrected chi connectivity index (χ0v) is 13.6. The Hall–Kier alpha value is -0.540. The first-order valence-electron chi connectivity index (χ1n) is 7.45. The molecule has 0 spiro atoms. The molecule has 0 aromatic rings. The van der Waals surface area contributed by atoms with Gasteiger partial charge >= 0.3 is 0 Å². The minimum absolute atomic E-state index is 0.166. The summed E-state index contributed by atoms with van der Waals surface area (Å²) in [4.78, 5) is 4.41. The van der Waals surface area contributed by atoms with Gasteiger partial charge in [-0.15, -0.1) is 0 Å². The lowest BCUT2D eigenvalue weighted by Gasteiger charge is -2.50. The maximum absolute atomic E-state index is 10.7.